The summed E-state index contributed by atoms with van der Waals surface area (Å²) in [6.45, 7) is 1.36. The minimum absolute atomic E-state index is 0.0730. The molecule has 0 spiro atoms. The molecule has 0 unspecified atom stereocenters. The molecule has 9 heteroatoms. The van der Waals surface area contributed by atoms with Crippen molar-refractivity contribution in [3.8, 4) is 0 Å². The Hall–Kier alpha value is -2.78. The molecule has 0 bridgehead atoms. The number of hydrogen-bond acceptors (Lipinski definition) is 5. The number of nitrogens with zero attached hydrogens (tertiary/aromatic N) is 2. The molecule has 1 N–H and O–H groups in total. The summed E-state index contributed by atoms with van der Waals surface area (Å²) in [7, 11) is -3.91. The normalized spacial score (nSPS) is 11.2. The summed E-state index contributed by atoms with van der Waals surface area (Å²) in [6.07, 6.45) is 0. The second-order valence-corrected chi connectivity index (χ2v) is 8.86. The number of aryl methyl sites for hydroxylation is 1. The van der Waals surface area contributed by atoms with E-state index >= 15 is 0 Å². The molecule has 3 aromatic rings. The smallest absolute Gasteiger partial charge is 0.267 e. The van der Waals surface area contributed by atoms with E-state index in [1.807, 2.05) is 0 Å². The molecule has 0 radical (unpaired) electrons. The van der Waals surface area contributed by atoms with Gasteiger partial charge in [-0.15, -0.1) is 0 Å². The maximum Gasteiger partial charge on any atom is 0.267 e. The number of aromatic nitrogens is 2. The van der Waals surface area contributed by atoms with Crippen molar-refractivity contribution in [3.05, 3.63) is 81.1 Å². The van der Waals surface area contributed by atoms with Crippen molar-refractivity contribution in [1.82, 2.24) is 9.78 Å². The first kappa shape index (κ1) is 20.0. The van der Waals surface area contributed by atoms with Crippen LogP contribution in [0.2, 0.25) is 0 Å². The molecule has 0 saturated carbocycles. The summed E-state index contributed by atoms with van der Waals surface area (Å²) in [5.74, 6) is -0.502. The molecule has 7 nitrogen and oxygen atoms in total. The van der Waals surface area contributed by atoms with Gasteiger partial charge in [-0.2, -0.15) is 5.10 Å². The van der Waals surface area contributed by atoms with E-state index in [9.17, 15) is 18.0 Å². The summed E-state index contributed by atoms with van der Waals surface area (Å²) in [5.41, 5.74) is 0.742. The van der Waals surface area contributed by atoms with Crippen LogP contribution in [0.1, 0.15) is 5.56 Å². The van der Waals surface area contributed by atoms with Gasteiger partial charge in [0, 0.05) is 16.2 Å². The van der Waals surface area contributed by atoms with Crippen molar-refractivity contribution in [1.29, 1.82) is 0 Å². The Morgan fingerprint density at radius 2 is 1.86 bits per heavy atom. The minimum Gasteiger partial charge on any atom is -0.324 e. The molecule has 28 heavy (non-hydrogen) atoms. The summed E-state index contributed by atoms with van der Waals surface area (Å²) in [6, 6.07) is 15.6. The van der Waals surface area contributed by atoms with Gasteiger partial charge in [-0.3, -0.25) is 9.59 Å². The molecule has 0 aliphatic heterocycles. The van der Waals surface area contributed by atoms with Gasteiger partial charge in [-0.05, 0) is 48.9 Å². The maximum absolute atomic E-state index is 12.8. The topological polar surface area (TPSA) is 98.1 Å². The quantitative estimate of drug-likeness (QED) is 0.629. The van der Waals surface area contributed by atoms with E-state index in [4.69, 9.17) is 0 Å². The third-order valence-corrected chi connectivity index (χ3v) is 5.96. The Morgan fingerprint density at radius 1 is 1.11 bits per heavy atom. The zero-order valence-electron chi connectivity index (χ0n) is 14.8. The Morgan fingerprint density at radius 3 is 2.57 bits per heavy atom. The average molecular weight is 462 g/mol. The summed E-state index contributed by atoms with van der Waals surface area (Å²) < 4.78 is 27.2. The van der Waals surface area contributed by atoms with E-state index in [2.05, 4.69) is 26.3 Å². The van der Waals surface area contributed by atoms with Crippen molar-refractivity contribution in [3.63, 3.8) is 0 Å². The number of hydrogen-bond donors (Lipinski definition) is 1. The molecule has 0 fully saturated rings. The van der Waals surface area contributed by atoms with E-state index in [1.54, 1.807) is 43.3 Å². The van der Waals surface area contributed by atoms with E-state index in [0.717, 1.165) is 26.9 Å². The number of nitrogens with one attached hydrogen (secondary N) is 1. The largest absolute Gasteiger partial charge is 0.324 e. The summed E-state index contributed by atoms with van der Waals surface area (Å²) >= 11 is 3.30. The van der Waals surface area contributed by atoms with Crippen LogP contribution in [-0.4, -0.2) is 24.1 Å². The van der Waals surface area contributed by atoms with Crippen molar-refractivity contribution in [2.75, 3.05) is 5.32 Å². The number of rotatable bonds is 5. The van der Waals surface area contributed by atoms with Crippen LogP contribution >= 0.6 is 15.9 Å². The fourth-order valence-electron chi connectivity index (χ4n) is 2.49. The van der Waals surface area contributed by atoms with Crippen LogP contribution in [0.3, 0.4) is 0 Å². The number of halogens is 1. The Balaban J connectivity index is 1.87. The van der Waals surface area contributed by atoms with Gasteiger partial charge in [0.05, 0.1) is 4.90 Å². The lowest BCUT2D eigenvalue weighted by Crippen LogP contribution is -2.30. The molecule has 0 aliphatic carbocycles. The molecule has 2 aromatic carbocycles. The zero-order chi connectivity index (χ0) is 20.3. The van der Waals surface area contributed by atoms with E-state index in [1.165, 1.54) is 12.1 Å². The molecule has 1 aromatic heterocycles. The van der Waals surface area contributed by atoms with Gasteiger partial charge >= 0.3 is 0 Å². The first-order valence-electron chi connectivity index (χ1n) is 8.21. The molecule has 144 valence electrons. The van der Waals surface area contributed by atoms with Crippen LogP contribution in [0.5, 0.6) is 0 Å². The van der Waals surface area contributed by atoms with Crippen LogP contribution < -0.4 is 10.9 Å². The first-order chi connectivity index (χ1) is 13.3. The second kappa shape index (κ2) is 8.07. The number of carbonyl (C=O) groups excluding carboxylic acids is 1. The molecule has 0 atom stereocenters. The van der Waals surface area contributed by atoms with E-state index < -0.39 is 27.8 Å². The fraction of sp³-hybridized carbons (Fsp3) is 0.105. The highest BCUT2D eigenvalue weighted by Crippen LogP contribution is 2.19. The lowest BCUT2D eigenvalue weighted by molar-refractivity contribution is -0.117. The molecule has 0 saturated heterocycles. The van der Waals surface area contributed by atoms with E-state index in [0.29, 0.717) is 5.69 Å². The molecular weight excluding hydrogens is 446 g/mol. The van der Waals surface area contributed by atoms with Gasteiger partial charge < -0.3 is 5.32 Å². The molecule has 0 aliphatic rings. The van der Waals surface area contributed by atoms with Gasteiger partial charge in [0.2, 0.25) is 15.7 Å². The summed E-state index contributed by atoms with van der Waals surface area (Å²) in [5, 5.41) is 6.23. The molecule has 1 amide bonds. The molecular formula is C19H16BrN3O4S. The van der Waals surface area contributed by atoms with Crippen LogP contribution in [0.4, 0.5) is 5.69 Å². The van der Waals surface area contributed by atoms with Crippen molar-refractivity contribution in [2.45, 2.75) is 23.4 Å². The standard InChI is InChI=1S/C19H16BrN3O4S/c1-13-4-2-7-16(10-13)28(26,27)18-8-9-19(25)23(22-18)12-17(24)21-15-6-3-5-14(20)11-15/h2-11H,12H2,1H3,(H,21,24). The lowest BCUT2D eigenvalue weighted by Gasteiger charge is -2.09. The Bertz CT molecular complexity index is 1210. The summed E-state index contributed by atoms with van der Waals surface area (Å²) in [4.78, 5) is 24.4. The number of anilines is 1. The van der Waals surface area contributed by atoms with Crippen LogP contribution in [0.25, 0.3) is 0 Å². The highest BCUT2D eigenvalue weighted by atomic mass is 79.9. The molecule has 3 rings (SSSR count). The van der Waals surface area contributed by atoms with Crippen LogP contribution in [0, 0.1) is 6.92 Å². The minimum atomic E-state index is -3.91. The van der Waals surface area contributed by atoms with Crippen molar-refractivity contribution < 1.29 is 13.2 Å². The van der Waals surface area contributed by atoms with Gasteiger partial charge in [-0.1, -0.05) is 34.1 Å². The SMILES string of the molecule is Cc1cccc(S(=O)(=O)c2ccc(=O)n(CC(=O)Nc3cccc(Br)c3)n2)c1. The van der Waals surface area contributed by atoms with Gasteiger partial charge in [0.1, 0.15) is 6.54 Å². The van der Waals surface area contributed by atoms with Gasteiger partial charge in [-0.25, -0.2) is 13.1 Å². The van der Waals surface area contributed by atoms with E-state index in [-0.39, 0.29) is 9.92 Å². The van der Waals surface area contributed by atoms with Crippen LogP contribution in [-0.2, 0) is 21.2 Å². The number of benzene rings is 2. The monoisotopic (exact) mass is 461 g/mol. The number of sulfone groups is 1. The first-order valence-corrected chi connectivity index (χ1v) is 10.5. The van der Waals surface area contributed by atoms with Crippen molar-refractivity contribution in [2.24, 2.45) is 0 Å². The lowest BCUT2D eigenvalue weighted by atomic mass is 10.2. The zero-order valence-corrected chi connectivity index (χ0v) is 17.2. The highest BCUT2D eigenvalue weighted by molar-refractivity contribution is 9.10. The predicted octanol–water partition coefficient (Wildman–Crippen LogP) is 2.79. The maximum atomic E-state index is 12.8. The van der Waals surface area contributed by atoms with Crippen molar-refractivity contribution >= 4 is 37.4 Å². The fourth-order valence-corrected chi connectivity index (χ4v) is 4.19. The Labute approximate surface area is 170 Å². The second-order valence-electron chi connectivity index (χ2n) is 6.05. The molecule has 1 heterocycles. The third-order valence-electron chi connectivity index (χ3n) is 3.82. The Kier molecular flexibility index (Phi) is 5.76. The predicted molar refractivity (Wildman–Crippen MR) is 108 cm³/mol. The van der Waals surface area contributed by atoms with Crippen LogP contribution in [0.15, 0.2) is 79.9 Å². The number of amides is 1. The highest BCUT2D eigenvalue weighted by Gasteiger charge is 2.21. The number of carbonyl (C=O) groups is 1. The average Bonchev–Trinajstić information content (AvgIpc) is 2.63. The van der Waals surface area contributed by atoms with Gasteiger partial charge in [0.15, 0.2) is 5.03 Å². The third kappa shape index (κ3) is 4.55. The van der Waals surface area contributed by atoms with Gasteiger partial charge in [0.25, 0.3) is 5.56 Å².